The van der Waals surface area contributed by atoms with Crippen molar-refractivity contribution < 1.29 is 9.53 Å². The highest BCUT2D eigenvalue weighted by molar-refractivity contribution is 5.73. The molecule has 0 unspecified atom stereocenters. The Kier molecular flexibility index (Phi) is 5.27. The lowest BCUT2D eigenvalue weighted by atomic mass is 10.2. The van der Waals surface area contributed by atoms with Gasteiger partial charge in [0.1, 0.15) is 5.75 Å². The van der Waals surface area contributed by atoms with Gasteiger partial charge in [-0.3, -0.25) is 4.79 Å². The maximum atomic E-state index is 10.7. The molecule has 0 aliphatic carbocycles. The second-order valence-corrected chi connectivity index (χ2v) is 4.04. The molecule has 1 amide bonds. The van der Waals surface area contributed by atoms with Crippen LogP contribution in [0.1, 0.15) is 26.3 Å². The van der Waals surface area contributed by atoms with E-state index < -0.39 is 0 Å². The molecule has 0 aliphatic rings. The highest BCUT2D eigenvalue weighted by Crippen LogP contribution is 2.20. The molecule has 1 aromatic carbocycles. The molecular weight excluding hydrogens is 214 g/mol. The zero-order chi connectivity index (χ0) is 12.7. The highest BCUT2D eigenvalue weighted by Gasteiger charge is 2.01. The minimum absolute atomic E-state index is 0.0265. The number of carbonyl (C=O) groups excluding carboxylic acids is 1. The topological polar surface area (TPSA) is 38.3 Å². The van der Waals surface area contributed by atoms with Crippen LogP contribution in [0.15, 0.2) is 30.3 Å². The van der Waals surface area contributed by atoms with E-state index in [2.05, 4.69) is 5.32 Å². The van der Waals surface area contributed by atoms with Crippen molar-refractivity contribution in [3.63, 3.8) is 0 Å². The first-order chi connectivity index (χ1) is 8.09. The molecule has 0 aliphatic heterocycles. The van der Waals surface area contributed by atoms with E-state index in [1.165, 1.54) is 6.92 Å². The van der Waals surface area contributed by atoms with Crippen LogP contribution in [0.5, 0.6) is 5.75 Å². The summed E-state index contributed by atoms with van der Waals surface area (Å²) < 4.78 is 5.68. The van der Waals surface area contributed by atoms with Crippen molar-refractivity contribution in [1.29, 1.82) is 0 Å². The lowest BCUT2D eigenvalue weighted by Gasteiger charge is -2.12. The Morgan fingerprint density at radius 3 is 2.76 bits per heavy atom. The molecule has 0 heterocycles. The Balaban J connectivity index is 2.66. The van der Waals surface area contributed by atoms with Gasteiger partial charge >= 0.3 is 0 Å². The molecule has 1 N–H and O–H groups in total. The average Bonchev–Trinajstić information content (AvgIpc) is 2.25. The standard InChI is InChI=1S/C14H19NO2/c1-11(2)17-14-9-5-4-7-13(14)8-6-10-15-12(3)16/h4-9,11H,10H2,1-3H3,(H,15,16). The zero-order valence-corrected chi connectivity index (χ0v) is 10.6. The molecular formula is C14H19NO2. The summed E-state index contributed by atoms with van der Waals surface area (Å²) in [5.74, 6) is 0.836. The molecule has 0 spiro atoms. The number of ether oxygens (including phenoxy) is 1. The van der Waals surface area contributed by atoms with E-state index in [1.807, 2.05) is 50.3 Å². The van der Waals surface area contributed by atoms with Gasteiger partial charge in [0.15, 0.2) is 0 Å². The molecule has 0 saturated heterocycles. The second kappa shape index (κ2) is 6.74. The van der Waals surface area contributed by atoms with Gasteiger partial charge in [-0.15, -0.1) is 0 Å². The lowest BCUT2D eigenvalue weighted by Crippen LogP contribution is -2.19. The fourth-order valence-electron chi connectivity index (χ4n) is 1.37. The Morgan fingerprint density at radius 1 is 1.41 bits per heavy atom. The van der Waals surface area contributed by atoms with Gasteiger partial charge in [0, 0.05) is 19.0 Å². The first-order valence-electron chi connectivity index (χ1n) is 5.76. The fourth-order valence-corrected chi connectivity index (χ4v) is 1.37. The van der Waals surface area contributed by atoms with Gasteiger partial charge in [0.05, 0.1) is 6.10 Å². The van der Waals surface area contributed by atoms with Gasteiger partial charge in [-0.25, -0.2) is 0 Å². The van der Waals surface area contributed by atoms with E-state index in [1.54, 1.807) is 0 Å². The smallest absolute Gasteiger partial charge is 0.217 e. The Bertz CT molecular complexity index is 397. The van der Waals surface area contributed by atoms with E-state index in [4.69, 9.17) is 4.74 Å². The minimum Gasteiger partial charge on any atom is -0.490 e. The zero-order valence-electron chi connectivity index (χ0n) is 10.6. The van der Waals surface area contributed by atoms with Gasteiger partial charge in [-0.05, 0) is 19.9 Å². The molecule has 0 aromatic heterocycles. The Labute approximate surface area is 102 Å². The van der Waals surface area contributed by atoms with E-state index in [-0.39, 0.29) is 12.0 Å². The van der Waals surface area contributed by atoms with Crippen LogP contribution in [-0.4, -0.2) is 18.6 Å². The quantitative estimate of drug-likeness (QED) is 0.849. The largest absolute Gasteiger partial charge is 0.490 e. The van der Waals surface area contributed by atoms with Crippen LogP contribution >= 0.6 is 0 Å². The van der Waals surface area contributed by atoms with Crippen LogP contribution in [0.2, 0.25) is 0 Å². The maximum Gasteiger partial charge on any atom is 0.217 e. The second-order valence-electron chi connectivity index (χ2n) is 4.04. The highest BCUT2D eigenvalue weighted by atomic mass is 16.5. The normalized spacial score (nSPS) is 10.8. The number of carbonyl (C=O) groups is 1. The average molecular weight is 233 g/mol. The summed E-state index contributed by atoms with van der Waals surface area (Å²) in [7, 11) is 0. The minimum atomic E-state index is -0.0265. The Morgan fingerprint density at radius 2 is 2.12 bits per heavy atom. The number of benzene rings is 1. The van der Waals surface area contributed by atoms with Gasteiger partial charge in [-0.1, -0.05) is 30.4 Å². The number of amides is 1. The number of nitrogens with one attached hydrogen (secondary N) is 1. The number of para-hydroxylation sites is 1. The molecule has 1 rings (SSSR count). The third kappa shape index (κ3) is 5.20. The van der Waals surface area contributed by atoms with Crippen LogP contribution < -0.4 is 10.1 Å². The molecule has 0 bridgehead atoms. The first-order valence-corrected chi connectivity index (χ1v) is 5.76. The van der Waals surface area contributed by atoms with Crippen LogP contribution in [0, 0.1) is 0 Å². The third-order valence-electron chi connectivity index (χ3n) is 2.05. The van der Waals surface area contributed by atoms with Crippen LogP contribution in [0.3, 0.4) is 0 Å². The van der Waals surface area contributed by atoms with Crippen LogP contribution in [0.25, 0.3) is 6.08 Å². The van der Waals surface area contributed by atoms with E-state index in [0.29, 0.717) is 6.54 Å². The maximum absolute atomic E-state index is 10.7. The molecule has 1 aromatic rings. The van der Waals surface area contributed by atoms with E-state index >= 15 is 0 Å². The predicted molar refractivity (Wildman–Crippen MR) is 69.9 cm³/mol. The number of rotatable bonds is 5. The van der Waals surface area contributed by atoms with Crippen LogP contribution in [0.4, 0.5) is 0 Å². The van der Waals surface area contributed by atoms with Gasteiger partial charge in [0.25, 0.3) is 0 Å². The summed E-state index contributed by atoms with van der Waals surface area (Å²) in [6, 6.07) is 7.84. The van der Waals surface area contributed by atoms with Gasteiger partial charge < -0.3 is 10.1 Å². The third-order valence-corrected chi connectivity index (χ3v) is 2.05. The Hall–Kier alpha value is -1.77. The number of hydrogen-bond donors (Lipinski definition) is 1. The van der Waals surface area contributed by atoms with Crippen molar-refractivity contribution in [2.45, 2.75) is 26.9 Å². The molecule has 0 radical (unpaired) electrons. The predicted octanol–water partition coefficient (Wildman–Crippen LogP) is 2.62. The SMILES string of the molecule is CC(=O)NCC=Cc1ccccc1OC(C)C. The van der Waals surface area contributed by atoms with Crippen molar-refractivity contribution >= 4 is 12.0 Å². The summed E-state index contributed by atoms with van der Waals surface area (Å²) in [4.78, 5) is 10.7. The monoisotopic (exact) mass is 233 g/mol. The molecule has 92 valence electrons. The van der Waals surface area contributed by atoms with Crippen molar-refractivity contribution in [1.82, 2.24) is 5.32 Å². The number of hydrogen-bond acceptors (Lipinski definition) is 2. The summed E-state index contributed by atoms with van der Waals surface area (Å²) in [6.45, 7) is 6.03. The molecule has 0 fully saturated rings. The molecule has 0 atom stereocenters. The summed E-state index contributed by atoms with van der Waals surface area (Å²) in [5, 5.41) is 2.71. The summed E-state index contributed by atoms with van der Waals surface area (Å²) >= 11 is 0. The first kappa shape index (κ1) is 13.3. The van der Waals surface area contributed by atoms with Crippen molar-refractivity contribution in [2.75, 3.05) is 6.54 Å². The van der Waals surface area contributed by atoms with E-state index in [9.17, 15) is 4.79 Å². The molecule has 3 heteroatoms. The molecule has 0 saturated carbocycles. The summed E-state index contributed by atoms with van der Waals surface area (Å²) in [5.41, 5.74) is 1.02. The van der Waals surface area contributed by atoms with Gasteiger partial charge in [-0.2, -0.15) is 0 Å². The summed E-state index contributed by atoms with van der Waals surface area (Å²) in [6.07, 6.45) is 4.01. The van der Waals surface area contributed by atoms with Crippen molar-refractivity contribution in [3.8, 4) is 5.75 Å². The lowest BCUT2D eigenvalue weighted by molar-refractivity contribution is -0.118. The van der Waals surface area contributed by atoms with Gasteiger partial charge in [0.2, 0.25) is 5.91 Å². The van der Waals surface area contributed by atoms with Crippen molar-refractivity contribution in [3.05, 3.63) is 35.9 Å². The fraction of sp³-hybridized carbons (Fsp3) is 0.357. The van der Waals surface area contributed by atoms with Crippen LogP contribution in [-0.2, 0) is 4.79 Å². The van der Waals surface area contributed by atoms with Crippen molar-refractivity contribution in [2.24, 2.45) is 0 Å². The molecule has 17 heavy (non-hydrogen) atoms. The molecule has 3 nitrogen and oxygen atoms in total. The van der Waals surface area contributed by atoms with E-state index in [0.717, 1.165) is 11.3 Å².